The maximum atomic E-state index is 6.27. The van der Waals surface area contributed by atoms with Crippen molar-refractivity contribution >= 4 is 18.1 Å². The normalized spacial score (nSPS) is 13.9. The molecule has 0 N–H and O–H groups in total. The Labute approximate surface area is 156 Å². The Hall–Kier alpha value is 0.154. The Kier molecular flexibility index (Phi) is 11.2. The largest absolute Gasteiger partial charge is 0.674 e. The summed E-state index contributed by atoms with van der Waals surface area (Å²) in [6.07, 6.45) is -0.800. The molecule has 0 saturated heterocycles. The lowest BCUT2D eigenvalue weighted by Crippen LogP contribution is -2.64. The van der Waals surface area contributed by atoms with Gasteiger partial charge in [0, 0.05) is 37.6 Å². The summed E-state index contributed by atoms with van der Waals surface area (Å²) in [5, 5.41) is 0. The van der Waals surface area contributed by atoms with E-state index in [4.69, 9.17) is 30.7 Å². The highest BCUT2D eigenvalue weighted by atomic mass is 28.5. The van der Waals surface area contributed by atoms with E-state index < -0.39 is 18.1 Å². The summed E-state index contributed by atoms with van der Waals surface area (Å²) in [7, 11) is -5.62. The highest BCUT2D eigenvalue weighted by Crippen LogP contribution is 2.27. The fourth-order valence-corrected chi connectivity index (χ4v) is 7.79. The molecule has 0 aromatic rings. The molecule has 0 amide bonds. The predicted molar refractivity (Wildman–Crippen MR) is 101 cm³/mol. The van der Waals surface area contributed by atoms with Gasteiger partial charge in [-0.2, -0.15) is 0 Å². The summed E-state index contributed by atoms with van der Waals surface area (Å²) in [6, 6.07) is 0. The second-order valence-electron chi connectivity index (χ2n) is 7.14. The van der Waals surface area contributed by atoms with Gasteiger partial charge >= 0.3 is 18.1 Å². The van der Waals surface area contributed by atoms with E-state index in [1.165, 1.54) is 7.11 Å². The Morgan fingerprint density at radius 3 is 0.880 bits per heavy atom. The molecule has 0 fully saturated rings. The summed E-state index contributed by atoms with van der Waals surface area (Å²) in [4.78, 5) is 0. The van der Waals surface area contributed by atoms with Crippen molar-refractivity contribution in [1.29, 1.82) is 0 Å². The first-order valence-electron chi connectivity index (χ1n) is 8.99. The third-order valence-electron chi connectivity index (χ3n) is 2.40. The van der Waals surface area contributed by atoms with Crippen LogP contribution in [0.3, 0.4) is 0 Å². The number of hydrogen-bond acceptors (Lipinski definition) is 7. The van der Waals surface area contributed by atoms with Crippen molar-refractivity contribution in [3.8, 4) is 0 Å². The lowest BCUT2D eigenvalue weighted by Gasteiger charge is -2.38. The molecule has 0 aliphatic carbocycles. The molecule has 9 heteroatoms. The van der Waals surface area contributed by atoms with Gasteiger partial charge in [0.1, 0.15) is 0 Å². The van der Waals surface area contributed by atoms with Crippen molar-refractivity contribution in [2.45, 2.75) is 99.8 Å². The molecule has 0 unspecified atom stereocenters. The van der Waals surface area contributed by atoms with Gasteiger partial charge in [-0.05, 0) is 69.2 Å². The molecule has 0 aromatic heterocycles. The minimum absolute atomic E-state index is 0.158. The fourth-order valence-electron chi connectivity index (χ4n) is 1.97. The molecule has 0 spiro atoms. The molecule has 0 bridgehead atoms. The third-order valence-corrected chi connectivity index (χ3v) is 8.70. The zero-order valence-corrected chi connectivity index (χ0v) is 19.7. The molecule has 0 atom stereocenters. The van der Waals surface area contributed by atoms with Crippen LogP contribution in [0.4, 0.5) is 0 Å². The second-order valence-corrected chi connectivity index (χ2v) is 11.5. The van der Waals surface area contributed by atoms with Crippen molar-refractivity contribution < 1.29 is 30.7 Å². The second kappa shape index (κ2) is 11.1. The van der Waals surface area contributed by atoms with Crippen LogP contribution < -0.4 is 0 Å². The quantitative estimate of drug-likeness (QED) is 0.439. The number of hydrogen-bond donors (Lipinski definition) is 0. The summed E-state index contributed by atoms with van der Waals surface area (Å²) >= 11 is 0. The first-order valence-corrected chi connectivity index (χ1v) is 12.3. The van der Waals surface area contributed by atoms with Crippen LogP contribution in [0.1, 0.15) is 69.2 Å². The van der Waals surface area contributed by atoms with Crippen molar-refractivity contribution in [2.75, 3.05) is 7.11 Å². The molecular weight excluding hydrogens is 360 g/mol. The SMILES string of the molecule is CO[Si](OC(C)C)(OC(C)C)O[Si](OC(C)C)(OC(C)C)OC(C)C. The van der Waals surface area contributed by atoms with E-state index in [-0.39, 0.29) is 30.5 Å². The fraction of sp³-hybridized carbons (Fsp3) is 1.00. The summed E-state index contributed by atoms with van der Waals surface area (Å²) in [6.45, 7) is 19.0. The first kappa shape index (κ1) is 25.2. The highest BCUT2D eigenvalue weighted by molar-refractivity contribution is 6.68. The van der Waals surface area contributed by atoms with Crippen molar-refractivity contribution in [3.63, 3.8) is 0 Å². The van der Waals surface area contributed by atoms with Crippen LogP contribution in [0.15, 0.2) is 0 Å². The van der Waals surface area contributed by atoms with Crippen LogP contribution in [0.5, 0.6) is 0 Å². The molecule has 152 valence electrons. The minimum atomic E-state index is -3.59. The lowest BCUT2D eigenvalue weighted by atomic mass is 10.5. The Morgan fingerprint density at radius 2 is 0.680 bits per heavy atom. The van der Waals surface area contributed by atoms with Gasteiger partial charge in [-0.25, -0.2) is 0 Å². The van der Waals surface area contributed by atoms with Crippen molar-refractivity contribution in [1.82, 2.24) is 0 Å². The summed E-state index contributed by atoms with van der Waals surface area (Å²) in [5.41, 5.74) is 0. The van der Waals surface area contributed by atoms with E-state index >= 15 is 0 Å². The van der Waals surface area contributed by atoms with Gasteiger partial charge in [0.25, 0.3) is 0 Å². The molecule has 25 heavy (non-hydrogen) atoms. The highest BCUT2D eigenvalue weighted by Gasteiger charge is 2.61. The Bertz CT molecular complexity index is 326. The Morgan fingerprint density at radius 1 is 0.440 bits per heavy atom. The average Bonchev–Trinajstić information content (AvgIpc) is 2.33. The van der Waals surface area contributed by atoms with E-state index in [9.17, 15) is 0 Å². The molecule has 0 saturated carbocycles. The van der Waals surface area contributed by atoms with E-state index in [1.54, 1.807) is 0 Å². The first-order chi connectivity index (χ1) is 11.4. The zero-order valence-electron chi connectivity index (χ0n) is 17.7. The van der Waals surface area contributed by atoms with E-state index in [1.807, 2.05) is 69.2 Å². The van der Waals surface area contributed by atoms with Crippen LogP contribution in [-0.4, -0.2) is 55.7 Å². The van der Waals surface area contributed by atoms with Crippen LogP contribution in [0.25, 0.3) is 0 Å². The lowest BCUT2D eigenvalue weighted by molar-refractivity contribution is -0.0979. The molecule has 0 radical (unpaired) electrons. The van der Waals surface area contributed by atoms with E-state index in [0.717, 1.165) is 0 Å². The van der Waals surface area contributed by atoms with Gasteiger partial charge < -0.3 is 30.7 Å². The van der Waals surface area contributed by atoms with Crippen molar-refractivity contribution in [3.05, 3.63) is 0 Å². The third kappa shape index (κ3) is 10.2. The van der Waals surface area contributed by atoms with E-state index in [0.29, 0.717) is 0 Å². The molecule has 7 nitrogen and oxygen atoms in total. The smallest absolute Gasteiger partial charge is 0.355 e. The van der Waals surface area contributed by atoms with Crippen molar-refractivity contribution in [2.24, 2.45) is 0 Å². The monoisotopic (exact) mass is 398 g/mol. The van der Waals surface area contributed by atoms with Gasteiger partial charge in [-0.3, -0.25) is 0 Å². The van der Waals surface area contributed by atoms with Gasteiger partial charge in [-0.15, -0.1) is 0 Å². The number of rotatable bonds is 13. The standard InChI is InChI=1S/C16H38O7Si2/c1-12(2)18-24(17-11,19-13(3)4)23-25(20-14(5)6,21-15(7)8)22-16(9)10/h12-16H,1-11H3. The van der Waals surface area contributed by atoms with Crippen LogP contribution >= 0.6 is 0 Å². The molecule has 0 rings (SSSR count). The minimum Gasteiger partial charge on any atom is -0.355 e. The van der Waals surface area contributed by atoms with Crippen LogP contribution in [-0.2, 0) is 30.7 Å². The van der Waals surface area contributed by atoms with Gasteiger partial charge in [0.2, 0.25) is 0 Å². The molecule has 0 aliphatic rings. The average molecular weight is 399 g/mol. The predicted octanol–water partition coefficient (Wildman–Crippen LogP) is 3.65. The molecule has 0 aromatic carbocycles. The zero-order chi connectivity index (χ0) is 19.8. The summed E-state index contributed by atoms with van der Waals surface area (Å²) in [5.74, 6) is 0. The maximum Gasteiger partial charge on any atom is 0.674 e. The summed E-state index contributed by atoms with van der Waals surface area (Å²) < 4.78 is 42.0. The maximum absolute atomic E-state index is 6.27. The molecule has 0 heterocycles. The van der Waals surface area contributed by atoms with Gasteiger partial charge in [0.15, 0.2) is 0 Å². The molecule has 0 aliphatic heterocycles. The van der Waals surface area contributed by atoms with Crippen LogP contribution in [0.2, 0.25) is 0 Å². The Balaban J connectivity index is 5.88. The molecular formula is C16H38O7Si2. The topological polar surface area (TPSA) is 64.6 Å². The van der Waals surface area contributed by atoms with Gasteiger partial charge in [0.05, 0.1) is 0 Å². The van der Waals surface area contributed by atoms with Crippen LogP contribution in [0, 0.1) is 0 Å². The van der Waals surface area contributed by atoms with E-state index in [2.05, 4.69) is 0 Å². The van der Waals surface area contributed by atoms with Gasteiger partial charge in [-0.1, -0.05) is 0 Å².